The van der Waals surface area contributed by atoms with Gasteiger partial charge in [0.2, 0.25) is 0 Å². The van der Waals surface area contributed by atoms with Crippen LogP contribution in [0.3, 0.4) is 0 Å². The molecule has 17 heavy (non-hydrogen) atoms. The lowest BCUT2D eigenvalue weighted by atomic mass is 10.4. The molecule has 0 radical (unpaired) electrons. The molecule has 4 nitrogen and oxygen atoms in total. The molecule has 0 saturated carbocycles. The van der Waals surface area contributed by atoms with Gasteiger partial charge in [0, 0.05) is 26.2 Å². The van der Waals surface area contributed by atoms with Gasteiger partial charge in [0.25, 0.3) is 10.0 Å². The maximum Gasteiger partial charge on any atom is 0.252 e. The Bertz CT molecular complexity index is 478. The zero-order valence-corrected chi connectivity index (χ0v) is 11.2. The molecule has 2 heterocycles. The van der Waals surface area contributed by atoms with Gasteiger partial charge in [-0.1, -0.05) is 18.3 Å². The molecule has 0 aromatic carbocycles. The Balaban J connectivity index is 2.12. The summed E-state index contributed by atoms with van der Waals surface area (Å²) in [7, 11) is -3.49. The van der Waals surface area contributed by atoms with Crippen LogP contribution in [0.4, 0.5) is 4.39 Å². The minimum Gasteiger partial charge on any atom is -0.301 e. The summed E-state index contributed by atoms with van der Waals surface area (Å²) in [5, 5.41) is -0.462. The number of hydrogen-bond acceptors (Lipinski definition) is 4. The Labute approximate surface area is 105 Å². The first-order chi connectivity index (χ1) is 8.04. The van der Waals surface area contributed by atoms with Gasteiger partial charge in [-0.3, -0.25) is 0 Å². The maximum atomic E-state index is 12.9. The van der Waals surface area contributed by atoms with Crippen molar-refractivity contribution in [3.8, 4) is 0 Å². The number of piperazine rings is 1. The molecule has 0 N–H and O–H groups in total. The molecular weight excluding hydrogens is 263 g/mol. The molecule has 96 valence electrons. The van der Waals surface area contributed by atoms with Crippen LogP contribution >= 0.6 is 11.3 Å². The van der Waals surface area contributed by atoms with Crippen molar-refractivity contribution < 1.29 is 12.8 Å². The van der Waals surface area contributed by atoms with E-state index < -0.39 is 15.2 Å². The quantitative estimate of drug-likeness (QED) is 0.834. The highest BCUT2D eigenvalue weighted by Crippen LogP contribution is 2.24. The van der Waals surface area contributed by atoms with Crippen LogP contribution in [0.15, 0.2) is 16.3 Å². The first kappa shape index (κ1) is 12.9. The fourth-order valence-electron chi connectivity index (χ4n) is 1.85. The number of hydrogen-bond donors (Lipinski definition) is 0. The largest absolute Gasteiger partial charge is 0.301 e. The Kier molecular flexibility index (Phi) is 3.82. The monoisotopic (exact) mass is 278 g/mol. The van der Waals surface area contributed by atoms with Crippen LogP contribution in [-0.2, 0) is 10.0 Å². The molecule has 0 unspecified atom stereocenters. The van der Waals surface area contributed by atoms with E-state index in [1.54, 1.807) is 0 Å². The minimum absolute atomic E-state index is 0.0972. The number of thiophene rings is 1. The molecule has 0 atom stereocenters. The molecular formula is C10H15FN2O2S2. The lowest BCUT2D eigenvalue weighted by molar-refractivity contribution is 0.196. The molecule has 1 aliphatic rings. The topological polar surface area (TPSA) is 40.6 Å². The molecule has 0 amide bonds. The SMILES string of the molecule is CCN1CCN(S(=O)(=O)c2ccc(F)s2)CC1. The van der Waals surface area contributed by atoms with Gasteiger partial charge in [-0.25, -0.2) is 8.42 Å². The highest BCUT2D eigenvalue weighted by molar-refractivity contribution is 7.91. The molecule has 1 aromatic heterocycles. The third kappa shape index (κ3) is 2.67. The minimum atomic E-state index is -3.49. The first-order valence-corrected chi connectivity index (χ1v) is 7.77. The fourth-order valence-corrected chi connectivity index (χ4v) is 4.43. The average Bonchev–Trinajstić information content (AvgIpc) is 2.77. The summed E-state index contributed by atoms with van der Waals surface area (Å²) in [4.78, 5) is 2.20. The second-order valence-electron chi connectivity index (χ2n) is 3.90. The van der Waals surface area contributed by atoms with Crippen LogP contribution in [-0.4, -0.2) is 50.3 Å². The van der Waals surface area contributed by atoms with E-state index in [1.807, 2.05) is 0 Å². The van der Waals surface area contributed by atoms with Gasteiger partial charge in [0.15, 0.2) is 5.13 Å². The highest BCUT2D eigenvalue weighted by Gasteiger charge is 2.29. The molecule has 1 fully saturated rings. The summed E-state index contributed by atoms with van der Waals surface area (Å²) in [5.41, 5.74) is 0. The predicted molar refractivity (Wildman–Crippen MR) is 65.1 cm³/mol. The van der Waals surface area contributed by atoms with Crippen molar-refractivity contribution in [1.82, 2.24) is 9.21 Å². The summed E-state index contributed by atoms with van der Waals surface area (Å²) in [5.74, 6) is 0. The first-order valence-electron chi connectivity index (χ1n) is 5.52. The van der Waals surface area contributed by atoms with Crippen LogP contribution in [0.2, 0.25) is 0 Å². The van der Waals surface area contributed by atoms with Gasteiger partial charge in [0.05, 0.1) is 0 Å². The summed E-state index contributed by atoms with van der Waals surface area (Å²) in [6.07, 6.45) is 0. The van der Waals surface area contributed by atoms with Gasteiger partial charge in [-0.05, 0) is 18.7 Å². The number of likely N-dealkylation sites (N-methyl/N-ethyl adjacent to an activating group) is 1. The van der Waals surface area contributed by atoms with Gasteiger partial charge < -0.3 is 4.90 Å². The zero-order valence-electron chi connectivity index (χ0n) is 9.60. The highest BCUT2D eigenvalue weighted by atomic mass is 32.2. The molecule has 0 spiro atoms. The van der Waals surface area contributed by atoms with Crippen molar-refractivity contribution >= 4 is 21.4 Å². The Morgan fingerprint density at radius 2 is 1.94 bits per heavy atom. The smallest absolute Gasteiger partial charge is 0.252 e. The van der Waals surface area contributed by atoms with Crippen molar-refractivity contribution in [2.24, 2.45) is 0 Å². The molecule has 1 aliphatic heterocycles. The summed E-state index contributed by atoms with van der Waals surface area (Å²) < 4.78 is 38.7. The summed E-state index contributed by atoms with van der Waals surface area (Å²) in [6.45, 7) is 5.43. The fraction of sp³-hybridized carbons (Fsp3) is 0.600. The molecule has 1 saturated heterocycles. The van der Waals surface area contributed by atoms with Gasteiger partial charge in [-0.2, -0.15) is 8.70 Å². The van der Waals surface area contributed by atoms with Gasteiger partial charge in [-0.15, -0.1) is 0 Å². The summed E-state index contributed by atoms with van der Waals surface area (Å²) in [6, 6.07) is 2.53. The lowest BCUT2D eigenvalue weighted by Crippen LogP contribution is -2.48. The maximum absolute atomic E-state index is 12.9. The predicted octanol–water partition coefficient (Wildman–Crippen LogP) is 1.21. The van der Waals surface area contributed by atoms with Crippen molar-refractivity contribution in [3.05, 3.63) is 17.3 Å². The van der Waals surface area contributed by atoms with Crippen molar-refractivity contribution in [1.29, 1.82) is 0 Å². The molecule has 1 aromatic rings. The second-order valence-corrected chi connectivity index (χ2v) is 7.10. The molecule has 7 heteroatoms. The summed E-state index contributed by atoms with van der Waals surface area (Å²) >= 11 is 0.685. The number of halogens is 1. The Hall–Kier alpha value is -0.500. The van der Waals surface area contributed by atoms with Crippen LogP contribution in [0.25, 0.3) is 0 Å². The van der Waals surface area contributed by atoms with E-state index in [4.69, 9.17) is 0 Å². The van der Waals surface area contributed by atoms with Crippen molar-refractivity contribution in [3.63, 3.8) is 0 Å². The van der Waals surface area contributed by atoms with Crippen molar-refractivity contribution in [2.75, 3.05) is 32.7 Å². The van der Waals surface area contributed by atoms with E-state index >= 15 is 0 Å². The third-order valence-corrected chi connectivity index (χ3v) is 6.16. The average molecular weight is 278 g/mol. The van der Waals surface area contributed by atoms with Crippen LogP contribution < -0.4 is 0 Å². The van der Waals surface area contributed by atoms with Crippen LogP contribution in [0, 0.1) is 5.13 Å². The van der Waals surface area contributed by atoms with E-state index in [1.165, 1.54) is 16.4 Å². The lowest BCUT2D eigenvalue weighted by Gasteiger charge is -2.32. The molecule has 0 bridgehead atoms. The molecule has 0 aliphatic carbocycles. The zero-order chi connectivity index (χ0) is 12.5. The van der Waals surface area contributed by atoms with E-state index in [0.29, 0.717) is 24.4 Å². The third-order valence-electron chi connectivity index (χ3n) is 2.92. The second kappa shape index (κ2) is 5.01. The number of sulfonamides is 1. The Morgan fingerprint density at radius 3 is 2.41 bits per heavy atom. The van der Waals surface area contributed by atoms with E-state index in [-0.39, 0.29) is 4.21 Å². The normalized spacial score (nSPS) is 19.6. The standard InChI is InChI=1S/C10H15FN2O2S2/c1-2-12-5-7-13(8-6-12)17(14,15)10-4-3-9(11)16-10/h3-4H,2,5-8H2,1H3. The van der Waals surface area contributed by atoms with Crippen molar-refractivity contribution in [2.45, 2.75) is 11.1 Å². The Morgan fingerprint density at radius 1 is 1.29 bits per heavy atom. The van der Waals surface area contributed by atoms with E-state index in [2.05, 4.69) is 11.8 Å². The van der Waals surface area contributed by atoms with E-state index in [0.717, 1.165) is 19.6 Å². The van der Waals surface area contributed by atoms with Gasteiger partial charge in [0.1, 0.15) is 4.21 Å². The van der Waals surface area contributed by atoms with Crippen LogP contribution in [0.5, 0.6) is 0 Å². The van der Waals surface area contributed by atoms with Crippen LogP contribution in [0.1, 0.15) is 6.92 Å². The number of nitrogens with zero attached hydrogens (tertiary/aromatic N) is 2. The van der Waals surface area contributed by atoms with E-state index in [9.17, 15) is 12.8 Å². The van der Waals surface area contributed by atoms with Gasteiger partial charge >= 0.3 is 0 Å². The number of rotatable bonds is 3. The molecule has 2 rings (SSSR count).